The van der Waals surface area contributed by atoms with Crippen LogP contribution in [0.4, 0.5) is 0 Å². The minimum absolute atomic E-state index is 0.825. The van der Waals surface area contributed by atoms with E-state index in [0.717, 1.165) is 11.6 Å². The first-order valence-electron chi connectivity index (χ1n) is 3.78. The van der Waals surface area contributed by atoms with Crippen LogP contribution >= 0.6 is 0 Å². The molecule has 1 saturated carbocycles. The first kappa shape index (κ1) is 5.96. The molecule has 0 bridgehead atoms. The van der Waals surface area contributed by atoms with E-state index in [2.05, 4.69) is 11.2 Å². The Balaban J connectivity index is 2.38. The zero-order valence-corrected chi connectivity index (χ0v) is 6.46. The fraction of sp³-hybridized carbons (Fsp3) is 0.625. The van der Waals surface area contributed by atoms with Gasteiger partial charge in [-0.3, -0.25) is 4.68 Å². The monoisotopic (exact) mass is 136 g/mol. The number of aryl methyl sites for hydroxylation is 2. The highest BCUT2D eigenvalue weighted by Gasteiger charge is 2.26. The highest BCUT2D eigenvalue weighted by molar-refractivity contribution is 5.17. The van der Waals surface area contributed by atoms with Crippen LogP contribution in [0, 0.1) is 6.92 Å². The highest BCUT2D eigenvalue weighted by Crippen LogP contribution is 2.39. The van der Waals surface area contributed by atoms with Gasteiger partial charge in [0.25, 0.3) is 0 Å². The van der Waals surface area contributed by atoms with Crippen molar-refractivity contribution in [1.29, 1.82) is 0 Å². The molecule has 1 aliphatic rings. The summed E-state index contributed by atoms with van der Waals surface area (Å²) in [6, 6.07) is 2.19. The third-order valence-electron chi connectivity index (χ3n) is 2.03. The van der Waals surface area contributed by atoms with Crippen LogP contribution in [0.1, 0.15) is 30.1 Å². The Hall–Kier alpha value is -0.790. The summed E-state index contributed by atoms with van der Waals surface area (Å²) < 4.78 is 2.01. The molecule has 1 aromatic rings. The minimum Gasteiger partial charge on any atom is -0.272 e. The third kappa shape index (κ3) is 0.838. The summed E-state index contributed by atoms with van der Waals surface area (Å²) in [4.78, 5) is 0. The van der Waals surface area contributed by atoms with E-state index in [4.69, 9.17) is 0 Å². The summed E-state index contributed by atoms with van der Waals surface area (Å²) in [7, 11) is 2.03. The molecule has 0 aliphatic heterocycles. The maximum absolute atomic E-state index is 4.29. The second kappa shape index (κ2) is 1.84. The zero-order valence-electron chi connectivity index (χ0n) is 6.46. The van der Waals surface area contributed by atoms with Gasteiger partial charge in [0, 0.05) is 18.7 Å². The van der Waals surface area contributed by atoms with Crippen molar-refractivity contribution in [3.63, 3.8) is 0 Å². The van der Waals surface area contributed by atoms with Crippen LogP contribution in [0.2, 0.25) is 0 Å². The molecule has 0 N–H and O–H groups in total. The van der Waals surface area contributed by atoms with E-state index in [0.29, 0.717) is 0 Å². The van der Waals surface area contributed by atoms with E-state index in [1.54, 1.807) is 0 Å². The Morgan fingerprint density at radius 2 is 2.30 bits per heavy atom. The Kier molecular flexibility index (Phi) is 1.10. The lowest BCUT2D eigenvalue weighted by atomic mass is 10.3. The number of hydrogen-bond donors (Lipinski definition) is 0. The number of nitrogens with zero attached hydrogens (tertiary/aromatic N) is 2. The van der Waals surface area contributed by atoms with E-state index >= 15 is 0 Å². The SMILES string of the molecule is Cc1cc(C2CC2)n(C)n1. The second-order valence-corrected chi connectivity index (χ2v) is 3.11. The fourth-order valence-electron chi connectivity index (χ4n) is 1.39. The van der Waals surface area contributed by atoms with Crippen LogP contribution in [-0.2, 0) is 7.05 Å². The van der Waals surface area contributed by atoms with Crippen LogP contribution in [-0.4, -0.2) is 9.78 Å². The predicted molar refractivity (Wildman–Crippen MR) is 39.9 cm³/mol. The van der Waals surface area contributed by atoms with Crippen molar-refractivity contribution in [2.75, 3.05) is 0 Å². The maximum Gasteiger partial charge on any atom is 0.0596 e. The Morgan fingerprint density at radius 3 is 2.70 bits per heavy atom. The average Bonchev–Trinajstić information content (AvgIpc) is 2.61. The van der Waals surface area contributed by atoms with Gasteiger partial charge in [0.1, 0.15) is 0 Å². The standard InChI is InChI=1S/C8H12N2/c1-6-5-8(7-3-4-7)10(2)9-6/h5,7H,3-4H2,1-2H3. The Bertz CT molecular complexity index is 246. The van der Waals surface area contributed by atoms with Gasteiger partial charge in [-0.15, -0.1) is 0 Å². The molecule has 0 atom stereocenters. The minimum atomic E-state index is 0.825. The fourth-order valence-corrected chi connectivity index (χ4v) is 1.39. The summed E-state index contributed by atoms with van der Waals surface area (Å²) in [5, 5.41) is 4.29. The smallest absolute Gasteiger partial charge is 0.0596 e. The average molecular weight is 136 g/mol. The van der Waals surface area contributed by atoms with Crippen molar-refractivity contribution in [2.24, 2.45) is 7.05 Å². The molecular weight excluding hydrogens is 124 g/mol. The first-order chi connectivity index (χ1) is 4.77. The quantitative estimate of drug-likeness (QED) is 0.573. The summed E-state index contributed by atoms with van der Waals surface area (Å²) >= 11 is 0. The molecule has 1 heterocycles. The Morgan fingerprint density at radius 1 is 1.60 bits per heavy atom. The molecule has 2 heteroatoms. The normalized spacial score (nSPS) is 17.8. The summed E-state index contributed by atoms with van der Waals surface area (Å²) in [5.41, 5.74) is 2.56. The topological polar surface area (TPSA) is 17.8 Å². The van der Waals surface area contributed by atoms with Crippen molar-refractivity contribution in [3.05, 3.63) is 17.5 Å². The molecule has 0 spiro atoms. The molecule has 54 valence electrons. The van der Waals surface area contributed by atoms with Crippen LogP contribution < -0.4 is 0 Å². The largest absolute Gasteiger partial charge is 0.272 e. The first-order valence-corrected chi connectivity index (χ1v) is 3.78. The van der Waals surface area contributed by atoms with Gasteiger partial charge in [0.15, 0.2) is 0 Å². The number of rotatable bonds is 1. The van der Waals surface area contributed by atoms with Crippen molar-refractivity contribution in [2.45, 2.75) is 25.7 Å². The molecule has 0 aromatic carbocycles. The van der Waals surface area contributed by atoms with Crippen LogP contribution in [0.25, 0.3) is 0 Å². The van der Waals surface area contributed by atoms with Crippen molar-refractivity contribution >= 4 is 0 Å². The van der Waals surface area contributed by atoms with Gasteiger partial charge in [-0.1, -0.05) is 0 Å². The summed E-state index contributed by atoms with van der Waals surface area (Å²) in [5.74, 6) is 0.825. The summed E-state index contributed by atoms with van der Waals surface area (Å²) in [6.45, 7) is 2.05. The van der Waals surface area contributed by atoms with E-state index in [-0.39, 0.29) is 0 Å². The zero-order chi connectivity index (χ0) is 7.14. The second-order valence-electron chi connectivity index (χ2n) is 3.11. The molecule has 10 heavy (non-hydrogen) atoms. The number of aromatic nitrogens is 2. The van der Waals surface area contributed by atoms with E-state index < -0.39 is 0 Å². The van der Waals surface area contributed by atoms with Crippen LogP contribution in [0.5, 0.6) is 0 Å². The van der Waals surface area contributed by atoms with Crippen molar-refractivity contribution in [1.82, 2.24) is 9.78 Å². The lowest BCUT2D eigenvalue weighted by molar-refractivity contribution is 0.707. The molecule has 0 saturated heterocycles. The van der Waals surface area contributed by atoms with E-state index in [1.165, 1.54) is 18.5 Å². The van der Waals surface area contributed by atoms with Crippen molar-refractivity contribution < 1.29 is 0 Å². The van der Waals surface area contributed by atoms with Gasteiger partial charge >= 0.3 is 0 Å². The van der Waals surface area contributed by atoms with Gasteiger partial charge in [0.05, 0.1) is 5.69 Å². The molecular formula is C8H12N2. The van der Waals surface area contributed by atoms with E-state index in [1.807, 2.05) is 18.7 Å². The lowest BCUT2D eigenvalue weighted by Crippen LogP contribution is -1.95. The Labute approximate surface area is 60.9 Å². The highest BCUT2D eigenvalue weighted by atomic mass is 15.3. The van der Waals surface area contributed by atoms with Gasteiger partial charge in [-0.2, -0.15) is 5.10 Å². The molecule has 0 amide bonds. The van der Waals surface area contributed by atoms with Gasteiger partial charge in [0.2, 0.25) is 0 Å². The molecule has 1 fully saturated rings. The maximum atomic E-state index is 4.29. The third-order valence-corrected chi connectivity index (χ3v) is 2.03. The van der Waals surface area contributed by atoms with Crippen molar-refractivity contribution in [3.8, 4) is 0 Å². The van der Waals surface area contributed by atoms with Gasteiger partial charge in [-0.05, 0) is 25.8 Å². The lowest BCUT2D eigenvalue weighted by Gasteiger charge is -1.94. The molecule has 2 rings (SSSR count). The van der Waals surface area contributed by atoms with Gasteiger partial charge < -0.3 is 0 Å². The molecule has 1 aliphatic carbocycles. The molecule has 0 radical (unpaired) electrons. The van der Waals surface area contributed by atoms with Crippen LogP contribution in [0.15, 0.2) is 6.07 Å². The molecule has 0 unspecified atom stereocenters. The van der Waals surface area contributed by atoms with Crippen LogP contribution in [0.3, 0.4) is 0 Å². The molecule has 1 aromatic heterocycles. The summed E-state index contributed by atoms with van der Waals surface area (Å²) in [6.07, 6.45) is 2.72. The van der Waals surface area contributed by atoms with Gasteiger partial charge in [-0.25, -0.2) is 0 Å². The molecule has 2 nitrogen and oxygen atoms in total. The van der Waals surface area contributed by atoms with E-state index in [9.17, 15) is 0 Å². The predicted octanol–water partition coefficient (Wildman–Crippen LogP) is 1.61. The number of hydrogen-bond acceptors (Lipinski definition) is 1.